The number of carbonyl (C=O) groups is 9. The Morgan fingerprint density at radius 2 is 0.406 bits per heavy atom. The van der Waals surface area contributed by atoms with Gasteiger partial charge in [0.05, 0.1) is 0 Å². The van der Waals surface area contributed by atoms with Crippen LogP contribution >= 0.6 is 0 Å². The number of hydrogen-bond donors (Lipinski definition) is 0. The van der Waals surface area contributed by atoms with Crippen molar-refractivity contribution in [1.82, 2.24) is 0 Å². The van der Waals surface area contributed by atoms with E-state index in [4.69, 9.17) is 0 Å². The monoisotopic (exact) mass is 726 g/mol. The Kier molecular flexibility index (Phi) is 28.6. The van der Waals surface area contributed by atoms with E-state index in [9.17, 15) is 73.8 Å². The molecule has 0 atom stereocenters. The van der Waals surface area contributed by atoms with Crippen molar-refractivity contribution in [2.75, 3.05) is 0 Å². The standard InChI is InChI=1S/3C3H2O7.2Pr/c3*4-1(5)9-3(8)10-2(6)7;;/h3*(H,4,5)(H,6,7);;/q;;;2*+3/p-6. The Bertz CT molecular complexity index is 561. The van der Waals surface area contributed by atoms with E-state index in [1.54, 1.807) is 0 Å². The van der Waals surface area contributed by atoms with Crippen LogP contribution < -0.4 is 30.6 Å². The first-order chi connectivity index (χ1) is 13.6. The van der Waals surface area contributed by atoms with Crippen molar-refractivity contribution < 1.29 is 185 Å². The zero-order valence-corrected chi connectivity index (χ0v) is 21.6. The SMILES string of the molecule is O=C([O-])OC(=O)OC(=O)[O-].O=C([O-])OC(=O)OC(=O)[O-].O=C([O-])OC(=O)OC(=O)[O-].[Pr+3].[Pr+3]. The Morgan fingerprint density at radius 3 is 0.469 bits per heavy atom. The molecule has 0 aliphatic rings. The van der Waals surface area contributed by atoms with Crippen molar-refractivity contribution in [3.8, 4) is 0 Å². The van der Waals surface area contributed by atoms with E-state index in [0.717, 1.165) is 0 Å². The zero-order valence-electron chi connectivity index (χ0n) is 14.2. The van der Waals surface area contributed by atoms with Crippen LogP contribution in [0.2, 0.25) is 0 Å². The van der Waals surface area contributed by atoms with Crippen LogP contribution in [0.5, 0.6) is 0 Å². The second-order valence-electron chi connectivity index (χ2n) is 2.86. The third-order valence-corrected chi connectivity index (χ3v) is 1.000. The molecule has 0 aliphatic carbocycles. The predicted molar refractivity (Wildman–Crippen MR) is 55.1 cm³/mol. The Morgan fingerprint density at radius 1 is 0.312 bits per heavy atom. The van der Waals surface area contributed by atoms with Crippen LogP contribution in [-0.4, -0.2) is 55.4 Å². The predicted octanol–water partition coefficient (Wildman–Crippen LogP) is -6.52. The molecule has 23 heteroatoms. The minimum Gasteiger partial charge on any atom is -0.467 e. The Labute approximate surface area is 237 Å². The molecular formula is C9O21Pr2. The quantitative estimate of drug-likeness (QED) is 0.127. The molecule has 0 saturated heterocycles. The number of carboxylic acid groups (broad SMARTS) is 6. The van der Waals surface area contributed by atoms with Gasteiger partial charge < -0.3 is 87.8 Å². The molecule has 0 rings (SSSR count). The maximum Gasteiger partial charge on any atom is 3.00 e. The van der Waals surface area contributed by atoms with Crippen LogP contribution in [-0.2, 0) is 28.4 Å². The van der Waals surface area contributed by atoms with Gasteiger partial charge in [0.2, 0.25) is 0 Å². The van der Waals surface area contributed by atoms with Crippen LogP contribution in [0.25, 0.3) is 0 Å². The fourth-order valence-electron chi connectivity index (χ4n) is 0.471. The summed E-state index contributed by atoms with van der Waals surface area (Å²) in [5.41, 5.74) is 0. The maximum absolute atomic E-state index is 9.78. The van der Waals surface area contributed by atoms with Gasteiger partial charge in [0.15, 0.2) is 0 Å². The molecule has 0 radical (unpaired) electrons. The zero-order chi connectivity index (χ0) is 24.4. The first kappa shape index (κ1) is 39.8. The fraction of sp³-hybridized carbons (Fsp3) is 0. The van der Waals surface area contributed by atoms with Gasteiger partial charge in [-0.05, 0) is 0 Å². The molecule has 0 saturated carbocycles. The van der Waals surface area contributed by atoms with E-state index < -0.39 is 55.4 Å². The second-order valence-corrected chi connectivity index (χ2v) is 2.86. The van der Waals surface area contributed by atoms with E-state index in [1.165, 1.54) is 0 Å². The average molecular weight is 726 g/mol. The van der Waals surface area contributed by atoms with Crippen molar-refractivity contribution in [3.63, 3.8) is 0 Å². The van der Waals surface area contributed by atoms with Gasteiger partial charge in [0.1, 0.15) is 0 Å². The van der Waals surface area contributed by atoms with Gasteiger partial charge >= 0.3 is 101 Å². The van der Waals surface area contributed by atoms with Crippen LogP contribution in [0.3, 0.4) is 0 Å². The minimum atomic E-state index is -2.20. The molecule has 32 heavy (non-hydrogen) atoms. The third-order valence-electron chi connectivity index (χ3n) is 1.000. The van der Waals surface area contributed by atoms with Gasteiger partial charge in [0, 0.05) is 0 Å². The summed E-state index contributed by atoms with van der Waals surface area (Å²) >= 11 is 0. The summed E-state index contributed by atoms with van der Waals surface area (Å²) in [5, 5.41) is 56.1. The number of hydrogen-bond acceptors (Lipinski definition) is 21. The van der Waals surface area contributed by atoms with E-state index in [-0.39, 0.29) is 82.6 Å². The summed E-state index contributed by atoms with van der Waals surface area (Å²) in [6.07, 6.45) is -19.0. The molecule has 168 valence electrons. The molecule has 0 heterocycles. The summed E-state index contributed by atoms with van der Waals surface area (Å²) in [7, 11) is 0. The van der Waals surface area contributed by atoms with E-state index in [2.05, 4.69) is 28.4 Å². The van der Waals surface area contributed by atoms with E-state index in [0.29, 0.717) is 0 Å². The van der Waals surface area contributed by atoms with Crippen LogP contribution in [0.15, 0.2) is 0 Å². The van der Waals surface area contributed by atoms with Crippen LogP contribution in [0.1, 0.15) is 0 Å². The van der Waals surface area contributed by atoms with Crippen LogP contribution in [0, 0.1) is 82.6 Å². The first-order valence-corrected chi connectivity index (χ1v) is 5.51. The summed E-state index contributed by atoms with van der Waals surface area (Å²) < 4.78 is 18.5. The van der Waals surface area contributed by atoms with Gasteiger partial charge in [-0.2, -0.15) is 0 Å². The summed E-state index contributed by atoms with van der Waals surface area (Å²) in [6.45, 7) is 0. The Balaban J connectivity index is -0.000000110. The Hall–Kier alpha value is -2.64. The van der Waals surface area contributed by atoms with Crippen LogP contribution in [0.4, 0.5) is 43.2 Å². The molecule has 0 unspecified atom stereocenters. The largest absolute Gasteiger partial charge is 3.00 e. The van der Waals surface area contributed by atoms with Gasteiger partial charge in [0.25, 0.3) is 36.9 Å². The van der Waals surface area contributed by atoms with Gasteiger partial charge in [-0.1, -0.05) is 0 Å². The van der Waals surface area contributed by atoms with E-state index in [1.807, 2.05) is 0 Å². The van der Waals surface area contributed by atoms with Crippen molar-refractivity contribution in [2.45, 2.75) is 0 Å². The van der Waals surface area contributed by atoms with Crippen molar-refractivity contribution >= 4 is 55.4 Å². The normalized spacial score (nSPS) is 7.50. The molecule has 0 bridgehead atoms. The molecule has 0 aliphatic heterocycles. The molecule has 0 aromatic rings. The van der Waals surface area contributed by atoms with Gasteiger partial charge in [-0.3, -0.25) is 0 Å². The summed E-state index contributed by atoms with van der Waals surface area (Å²) in [6, 6.07) is 0. The molecule has 0 N–H and O–H groups in total. The summed E-state index contributed by atoms with van der Waals surface area (Å²) in [5.74, 6) is 0. The number of rotatable bonds is 0. The molecular weight excluding hydrogens is 726 g/mol. The smallest absolute Gasteiger partial charge is 0.467 e. The molecule has 0 amide bonds. The topological polar surface area (TPSA) is 347 Å². The number of ether oxygens (including phenoxy) is 6. The van der Waals surface area contributed by atoms with Crippen molar-refractivity contribution in [2.24, 2.45) is 0 Å². The molecule has 21 nitrogen and oxygen atoms in total. The van der Waals surface area contributed by atoms with Crippen molar-refractivity contribution in [3.05, 3.63) is 0 Å². The molecule has 0 spiro atoms. The molecule has 0 fully saturated rings. The second kappa shape index (κ2) is 23.0. The first-order valence-electron chi connectivity index (χ1n) is 5.51. The molecule has 0 aromatic carbocycles. The summed E-state index contributed by atoms with van der Waals surface area (Å²) in [4.78, 5) is 85.4. The minimum absolute atomic E-state index is 0. The average Bonchev–Trinajstić information content (AvgIpc) is 2.42. The maximum atomic E-state index is 9.78. The van der Waals surface area contributed by atoms with Gasteiger partial charge in [-0.15, -0.1) is 0 Å². The number of carbonyl (C=O) groups excluding carboxylic acids is 9. The van der Waals surface area contributed by atoms with Gasteiger partial charge in [-0.25, -0.2) is 14.4 Å². The third kappa shape index (κ3) is 41.7. The molecule has 0 aromatic heterocycles. The van der Waals surface area contributed by atoms with Crippen molar-refractivity contribution in [1.29, 1.82) is 0 Å². The van der Waals surface area contributed by atoms with E-state index >= 15 is 0 Å². The fourth-order valence-corrected chi connectivity index (χ4v) is 0.471.